The molecule has 1 unspecified atom stereocenters. The average Bonchev–Trinajstić information content (AvgIpc) is 2.52. The van der Waals surface area contributed by atoms with Gasteiger partial charge in [0.1, 0.15) is 0 Å². The first-order valence-electron chi connectivity index (χ1n) is 7.02. The fourth-order valence-corrected chi connectivity index (χ4v) is 3.31. The van der Waals surface area contributed by atoms with Crippen LogP contribution >= 0.6 is 11.8 Å². The second-order valence-corrected chi connectivity index (χ2v) is 6.28. The number of rotatable bonds is 4. The number of aryl methyl sites for hydroxylation is 1. The van der Waals surface area contributed by atoms with E-state index in [1.54, 1.807) is 11.8 Å². The van der Waals surface area contributed by atoms with E-state index in [1.165, 1.54) is 10.5 Å². The van der Waals surface area contributed by atoms with Gasteiger partial charge in [-0.15, -0.1) is 11.8 Å². The number of aromatic nitrogens is 1. The Morgan fingerprint density at radius 3 is 2.86 bits per heavy atom. The van der Waals surface area contributed by atoms with Gasteiger partial charge in [-0.25, -0.2) is 0 Å². The molecule has 0 aliphatic carbocycles. The summed E-state index contributed by atoms with van der Waals surface area (Å²) in [7, 11) is 0. The van der Waals surface area contributed by atoms with Crippen molar-refractivity contribution < 1.29 is 0 Å². The first-order chi connectivity index (χ1) is 10.2. The lowest BCUT2D eigenvalue weighted by Crippen LogP contribution is -2.12. The van der Waals surface area contributed by atoms with E-state index in [0.717, 1.165) is 22.2 Å². The van der Waals surface area contributed by atoms with Crippen LogP contribution < -0.4 is 5.73 Å². The smallest absolute Gasteiger partial charge is 0.0705 e. The molecule has 2 N–H and O–H groups in total. The van der Waals surface area contributed by atoms with Gasteiger partial charge in [0.05, 0.1) is 5.52 Å². The van der Waals surface area contributed by atoms with Crippen LogP contribution in [0.1, 0.15) is 17.2 Å². The first-order valence-corrected chi connectivity index (χ1v) is 8.01. The van der Waals surface area contributed by atoms with Crippen molar-refractivity contribution in [3.8, 4) is 0 Å². The number of pyridine rings is 1. The quantitative estimate of drug-likeness (QED) is 0.728. The molecular formula is C18H18N2S. The molecule has 3 rings (SSSR count). The molecule has 0 bridgehead atoms. The van der Waals surface area contributed by atoms with Gasteiger partial charge in [-0.05, 0) is 36.8 Å². The number of nitrogens with two attached hydrogens (primary N) is 1. The van der Waals surface area contributed by atoms with E-state index < -0.39 is 0 Å². The Labute approximate surface area is 129 Å². The predicted octanol–water partition coefficient (Wildman–Crippen LogP) is 4.34. The number of thioether (sulfide) groups is 1. The summed E-state index contributed by atoms with van der Waals surface area (Å²) in [6, 6.07) is 18.8. The van der Waals surface area contributed by atoms with Gasteiger partial charge >= 0.3 is 0 Å². The third kappa shape index (κ3) is 3.43. The van der Waals surface area contributed by atoms with Crippen LogP contribution in [0.25, 0.3) is 10.9 Å². The molecule has 3 heteroatoms. The lowest BCUT2D eigenvalue weighted by atomic mass is 10.1. The van der Waals surface area contributed by atoms with Gasteiger partial charge < -0.3 is 5.73 Å². The Morgan fingerprint density at radius 2 is 2.00 bits per heavy atom. The van der Waals surface area contributed by atoms with Gasteiger partial charge in [0.2, 0.25) is 0 Å². The SMILES string of the molecule is Cc1cccc(SCC(N)c2ccc3cccnc3c2)c1. The molecule has 0 radical (unpaired) electrons. The van der Waals surface area contributed by atoms with Crippen molar-refractivity contribution in [1.82, 2.24) is 4.98 Å². The normalized spacial score (nSPS) is 12.5. The fourth-order valence-electron chi connectivity index (χ4n) is 2.30. The average molecular weight is 294 g/mol. The second kappa shape index (κ2) is 6.29. The number of nitrogens with zero attached hydrogens (tertiary/aromatic N) is 1. The number of hydrogen-bond acceptors (Lipinski definition) is 3. The van der Waals surface area contributed by atoms with Crippen molar-refractivity contribution in [2.45, 2.75) is 17.9 Å². The van der Waals surface area contributed by atoms with Gasteiger partial charge in [-0.3, -0.25) is 4.98 Å². The molecule has 0 aliphatic rings. The Morgan fingerprint density at radius 1 is 1.10 bits per heavy atom. The molecule has 2 nitrogen and oxygen atoms in total. The molecule has 0 saturated carbocycles. The van der Waals surface area contributed by atoms with Gasteiger partial charge in [0.25, 0.3) is 0 Å². The zero-order valence-corrected chi connectivity index (χ0v) is 12.8. The van der Waals surface area contributed by atoms with Crippen molar-refractivity contribution >= 4 is 22.7 Å². The van der Waals surface area contributed by atoms with Crippen LogP contribution in [0.5, 0.6) is 0 Å². The van der Waals surface area contributed by atoms with E-state index in [2.05, 4.69) is 60.4 Å². The maximum absolute atomic E-state index is 6.32. The molecule has 0 fully saturated rings. The molecule has 2 aromatic carbocycles. The highest BCUT2D eigenvalue weighted by Gasteiger charge is 2.08. The summed E-state index contributed by atoms with van der Waals surface area (Å²) >= 11 is 1.80. The van der Waals surface area contributed by atoms with Gasteiger partial charge in [-0.1, -0.05) is 35.9 Å². The van der Waals surface area contributed by atoms with Crippen LogP contribution in [-0.2, 0) is 0 Å². The number of hydrogen-bond donors (Lipinski definition) is 1. The van der Waals surface area contributed by atoms with Crippen molar-refractivity contribution in [1.29, 1.82) is 0 Å². The predicted molar refractivity (Wildman–Crippen MR) is 90.6 cm³/mol. The second-order valence-electron chi connectivity index (χ2n) is 5.19. The van der Waals surface area contributed by atoms with Crippen molar-refractivity contribution in [2.75, 3.05) is 5.75 Å². The minimum atomic E-state index is 0.0157. The van der Waals surface area contributed by atoms with E-state index in [1.807, 2.05) is 12.3 Å². The Balaban J connectivity index is 1.73. The topological polar surface area (TPSA) is 38.9 Å². The Kier molecular flexibility index (Phi) is 4.23. The van der Waals surface area contributed by atoms with Crippen LogP contribution in [-0.4, -0.2) is 10.7 Å². The largest absolute Gasteiger partial charge is 0.323 e. The van der Waals surface area contributed by atoms with E-state index in [0.29, 0.717) is 0 Å². The Bertz CT molecular complexity index is 755. The van der Waals surface area contributed by atoms with Gasteiger partial charge in [-0.2, -0.15) is 0 Å². The van der Waals surface area contributed by atoms with Crippen molar-refractivity contribution in [3.05, 3.63) is 71.9 Å². The maximum Gasteiger partial charge on any atom is 0.0705 e. The van der Waals surface area contributed by atoms with Crippen LogP contribution in [0.15, 0.2) is 65.7 Å². The summed E-state index contributed by atoms with van der Waals surface area (Å²) in [4.78, 5) is 5.66. The van der Waals surface area contributed by atoms with Crippen molar-refractivity contribution in [2.24, 2.45) is 5.73 Å². The molecular weight excluding hydrogens is 276 g/mol. The highest BCUT2D eigenvalue weighted by atomic mass is 32.2. The molecule has 106 valence electrons. The zero-order chi connectivity index (χ0) is 14.7. The summed E-state index contributed by atoms with van der Waals surface area (Å²) in [5.41, 5.74) is 9.75. The highest BCUT2D eigenvalue weighted by molar-refractivity contribution is 7.99. The summed E-state index contributed by atoms with van der Waals surface area (Å²) in [6.07, 6.45) is 1.82. The summed E-state index contributed by atoms with van der Waals surface area (Å²) in [5, 5.41) is 1.15. The Hall–Kier alpha value is -1.84. The van der Waals surface area contributed by atoms with E-state index in [4.69, 9.17) is 5.73 Å². The van der Waals surface area contributed by atoms with E-state index >= 15 is 0 Å². The number of benzene rings is 2. The van der Waals surface area contributed by atoms with E-state index in [-0.39, 0.29) is 6.04 Å². The molecule has 0 saturated heterocycles. The standard InChI is InChI=1S/C18H18N2S/c1-13-4-2-6-16(10-13)21-12-17(19)15-8-7-14-5-3-9-20-18(14)11-15/h2-11,17H,12,19H2,1H3. The first kappa shape index (κ1) is 14.1. The molecule has 1 atom stereocenters. The van der Waals surface area contributed by atoms with Gasteiger partial charge in [0, 0.05) is 28.3 Å². The number of fused-ring (bicyclic) bond motifs is 1. The molecule has 0 aliphatic heterocycles. The minimum Gasteiger partial charge on any atom is -0.323 e. The third-order valence-corrected chi connectivity index (χ3v) is 4.59. The van der Waals surface area contributed by atoms with Crippen LogP contribution in [0, 0.1) is 6.92 Å². The summed E-state index contributed by atoms with van der Waals surface area (Å²) < 4.78 is 0. The highest BCUT2D eigenvalue weighted by Crippen LogP contribution is 2.25. The van der Waals surface area contributed by atoms with Crippen LogP contribution in [0.2, 0.25) is 0 Å². The molecule has 3 aromatic rings. The third-order valence-electron chi connectivity index (χ3n) is 3.48. The maximum atomic E-state index is 6.32. The fraction of sp³-hybridized carbons (Fsp3) is 0.167. The molecule has 21 heavy (non-hydrogen) atoms. The summed E-state index contributed by atoms with van der Waals surface area (Å²) in [6.45, 7) is 2.11. The van der Waals surface area contributed by atoms with Crippen LogP contribution in [0.4, 0.5) is 0 Å². The lowest BCUT2D eigenvalue weighted by molar-refractivity contribution is 0.832. The van der Waals surface area contributed by atoms with Gasteiger partial charge in [0.15, 0.2) is 0 Å². The van der Waals surface area contributed by atoms with Crippen LogP contribution in [0.3, 0.4) is 0 Å². The zero-order valence-electron chi connectivity index (χ0n) is 12.0. The monoisotopic (exact) mass is 294 g/mol. The van der Waals surface area contributed by atoms with Crippen molar-refractivity contribution in [3.63, 3.8) is 0 Å². The minimum absolute atomic E-state index is 0.0157. The molecule has 0 amide bonds. The molecule has 1 aromatic heterocycles. The lowest BCUT2D eigenvalue weighted by Gasteiger charge is -2.12. The molecule has 1 heterocycles. The summed E-state index contributed by atoms with van der Waals surface area (Å²) in [5.74, 6) is 0.863. The van der Waals surface area contributed by atoms with E-state index in [9.17, 15) is 0 Å². The molecule has 0 spiro atoms.